The Morgan fingerprint density at radius 1 is 1.25 bits per heavy atom. The molecular formula is C24H23FN2O5. The largest absolute Gasteiger partial charge is 0.496 e. The number of hydrogen-bond donors (Lipinski definition) is 1. The Balaban J connectivity index is 1.97. The highest BCUT2D eigenvalue weighted by Gasteiger charge is 2.36. The molecule has 0 unspecified atom stereocenters. The molecule has 0 saturated carbocycles. The van der Waals surface area contributed by atoms with E-state index in [1.165, 1.54) is 31.4 Å². The molecule has 0 aromatic heterocycles. The average molecular weight is 438 g/mol. The van der Waals surface area contributed by atoms with Crippen LogP contribution >= 0.6 is 0 Å². The van der Waals surface area contributed by atoms with E-state index in [1.54, 1.807) is 32.0 Å². The van der Waals surface area contributed by atoms with Crippen LogP contribution in [0.3, 0.4) is 0 Å². The molecule has 2 N–H and O–H groups in total. The van der Waals surface area contributed by atoms with E-state index < -0.39 is 11.9 Å². The number of nitrogens with zero attached hydrogens (tertiary/aromatic N) is 1. The summed E-state index contributed by atoms with van der Waals surface area (Å²) in [5.74, 6) is -0.498. The second-order valence-corrected chi connectivity index (χ2v) is 6.93. The van der Waals surface area contributed by atoms with E-state index in [0.717, 1.165) is 5.56 Å². The minimum Gasteiger partial charge on any atom is -0.496 e. The van der Waals surface area contributed by atoms with Gasteiger partial charge in [0.15, 0.2) is 0 Å². The molecule has 7 nitrogen and oxygen atoms in total. The van der Waals surface area contributed by atoms with E-state index in [9.17, 15) is 14.4 Å². The van der Waals surface area contributed by atoms with Gasteiger partial charge >= 0.3 is 5.97 Å². The maximum Gasteiger partial charge on any atom is 0.338 e. The molecule has 1 aliphatic rings. The van der Waals surface area contributed by atoms with Gasteiger partial charge in [0.2, 0.25) is 5.88 Å². The summed E-state index contributed by atoms with van der Waals surface area (Å²) in [7, 11) is 1.51. The maximum absolute atomic E-state index is 13.1. The molecular weight excluding hydrogens is 415 g/mol. The van der Waals surface area contributed by atoms with Crippen molar-refractivity contribution < 1.29 is 28.1 Å². The van der Waals surface area contributed by atoms with Crippen LogP contribution in [0.2, 0.25) is 0 Å². The molecule has 0 bridgehead atoms. The Morgan fingerprint density at radius 2 is 1.97 bits per heavy atom. The van der Waals surface area contributed by atoms with Gasteiger partial charge in [0.1, 0.15) is 41.3 Å². The van der Waals surface area contributed by atoms with E-state index in [4.69, 9.17) is 24.7 Å². The minimum atomic E-state index is -0.770. The normalized spacial score (nSPS) is 15.7. The molecule has 0 aliphatic carbocycles. The first kappa shape index (κ1) is 22.7. The highest BCUT2D eigenvalue weighted by atomic mass is 19.1. The number of benzene rings is 2. The van der Waals surface area contributed by atoms with Gasteiger partial charge in [-0.1, -0.05) is 12.1 Å². The van der Waals surface area contributed by atoms with Crippen molar-refractivity contribution in [2.45, 2.75) is 26.4 Å². The van der Waals surface area contributed by atoms with Gasteiger partial charge in [0.05, 0.1) is 25.2 Å². The Kier molecular flexibility index (Phi) is 7.00. The number of ether oxygens (including phenoxy) is 4. The SMILES string of the molecule is CCOC(=O)C1=C(C)OC(N)=C(C#N)[C@@H]1c1ccc(COc2ccc(F)cc2)c(OC)c1. The lowest BCUT2D eigenvalue weighted by Crippen LogP contribution is -2.25. The van der Waals surface area contributed by atoms with Gasteiger partial charge in [0.25, 0.3) is 0 Å². The van der Waals surface area contributed by atoms with E-state index in [1.807, 2.05) is 6.07 Å². The fourth-order valence-electron chi connectivity index (χ4n) is 3.44. The van der Waals surface area contributed by atoms with Gasteiger partial charge in [-0.25, -0.2) is 9.18 Å². The van der Waals surface area contributed by atoms with Crippen LogP contribution in [0, 0.1) is 17.1 Å². The zero-order valence-corrected chi connectivity index (χ0v) is 18.0. The third-order valence-corrected chi connectivity index (χ3v) is 4.95. The van der Waals surface area contributed by atoms with Gasteiger partial charge < -0.3 is 24.7 Å². The molecule has 0 fully saturated rings. The third kappa shape index (κ3) is 4.67. The standard InChI is InChI=1S/C24H23FN2O5/c1-4-30-24(28)21-14(2)32-23(27)19(12-26)22(21)15-5-6-16(20(11-15)29-3)13-31-18-9-7-17(25)8-10-18/h5-11,22H,4,13,27H2,1-3H3/t22-/m0/s1. The molecule has 0 spiro atoms. The second kappa shape index (κ2) is 9.88. The van der Waals surface area contributed by atoms with Crippen molar-refractivity contribution in [3.63, 3.8) is 0 Å². The smallest absolute Gasteiger partial charge is 0.338 e. The number of esters is 1. The van der Waals surface area contributed by atoms with Crippen LogP contribution in [-0.4, -0.2) is 19.7 Å². The Labute approximate surface area is 185 Å². The van der Waals surface area contributed by atoms with Crippen molar-refractivity contribution in [3.8, 4) is 17.6 Å². The van der Waals surface area contributed by atoms with Gasteiger partial charge in [-0.15, -0.1) is 0 Å². The van der Waals surface area contributed by atoms with Crippen molar-refractivity contribution >= 4 is 5.97 Å². The zero-order chi connectivity index (χ0) is 23.3. The van der Waals surface area contributed by atoms with Crippen LogP contribution < -0.4 is 15.2 Å². The molecule has 0 saturated heterocycles. The van der Waals surface area contributed by atoms with E-state index in [-0.39, 0.29) is 41.8 Å². The third-order valence-electron chi connectivity index (χ3n) is 4.95. The number of allylic oxidation sites excluding steroid dienone is 2. The number of rotatable bonds is 7. The monoisotopic (exact) mass is 438 g/mol. The number of nitrogens with two attached hydrogens (primary N) is 1. The van der Waals surface area contributed by atoms with Gasteiger partial charge in [-0.2, -0.15) is 5.26 Å². The minimum absolute atomic E-state index is 0.0641. The number of nitriles is 1. The molecule has 2 aromatic carbocycles. The van der Waals surface area contributed by atoms with Crippen molar-refractivity contribution in [2.24, 2.45) is 5.73 Å². The summed E-state index contributed by atoms with van der Waals surface area (Å²) in [6, 6.07) is 13.0. The first-order chi connectivity index (χ1) is 15.4. The van der Waals surface area contributed by atoms with Crippen LogP contribution in [0.15, 0.2) is 65.3 Å². The fourth-order valence-corrected chi connectivity index (χ4v) is 3.44. The summed E-state index contributed by atoms with van der Waals surface area (Å²) in [5, 5.41) is 9.70. The number of halogens is 1. The van der Waals surface area contributed by atoms with Crippen molar-refractivity contribution in [2.75, 3.05) is 13.7 Å². The van der Waals surface area contributed by atoms with Crippen LogP contribution in [-0.2, 0) is 20.9 Å². The first-order valence-corrected chi connectivity index (χ1v) is 9.90. The molecule has 8 heteroatoms. The quantitative estimate of drug-likeness (QED) is 0.650. The molecule has 1 atom stereocenters. The molecule has 3 rings (SSSR count). The first-order valence-electron chi connectivity index (χ1n) is 9.90. The molecule has 32 heavy (non-hydrogen) atoms. The topological polar surface area (TPSA) is 104 Å². The van der Waals surface area contributed by atoms with Crippen LogP contribution in [0.4, 0.5) is 4.39 Å². The average Bonchev–Trinajstić information content (AvgIpc) is 2.78. The maximum atomic E-state index is 13.1. The van der Waals surface area contributed by atoms with Crippen molar-refractivity contribution in [1.82, 2.24) is 0 Å². The Bertz CT molecular complexity index is 1120. The highest BCUT2D eigenvalue weighted by Crippen LogP contribution is 2.41. The summed E-state index contributed by atoms with van der Waals surface area (Å²) >= 11 is 0. The van der Waals surface area contributed by atoms with Gasteiger partial charge in [-0.3, -0.25) is 0 Å². The van der Waals surface area contributed by atoms with Crippen LogP contribution in [0.25, 0.3) is 0 Å². The van der Waals surface area contributed by atoms with Gasteiger partial charge in [0, 0.05) is 5.56 Å². The van der Waals surface area contributed by atoms with E-state index in [0.29, 0.717) is 17.1 Å². The zero-order valence-electron chi connectivity index (χ0n) is 18.0. The lowest BCUT2D eigenvalue weighted by atomic mass is 9.82. The molecule has 1 heterocycles. The molecule has 166 valence electrons. The van der Waals surface area contributed by atoms with Crippen molar-refractivity contribution in [3.05, 3.63) is 82.2 Å². The van der Waals surface area contributed by atoms with Crippen LogP contribution in [0.5, 0.6) is 11.5 Å². The summed E-state index contributed by atoms with van der Waals surface area (Å²) in [6.45, 7) is 3.64. The predicted molar refractivity (Wildman–Crippen MR) is 114 cm³/mol. The number of carbonyl (C=O) groups is 1. The Hall–Kier alpha value is -3.99. The summed E-state index contributed by atoms with van der Waals surface area (Å²) < 4.78 is 34.9. The number of hydrogen-bond acceptors (Lipinski definition) is 7. The Morgan fingerprint density at radius 3 is 2.59 bits per heavy atom. The summed E-state index contributed by atoms with van der Waals surface area (Å²) in [5.41, 5.74) is 7.58. The molecule has 0 amide bonds. The molecule has 0 radical (unpaired) electrons. The summed E-state index contributed by atoms with van der Waals surface area (Å²) in [6.07, 6.45) is 0. The summed E-state index contributed by atoms with van der Waals surface area (Å²) in [4.78, 5) is 12.7. The van der Waals surface area contributed by atoms with Crippen LogP contribution in [0.1, 0.15) is 30.9 Å². The second-order valence-electron chi connectivity index (χ2n) is 6.93. The highest BCUT2D eigenvalue weighted by molar-refractivity contribution is 5.92. The van der Waals surface area contributed by atoms with Crippen molar-refractivity contribution in [1.29, 1.82) is 5.26 Å². The van der Waals surface area contributed by atoms with E-state index >= 15 is 0 Å². The molecule has 2 aromatic rings. The molecule has 1 aliphatic heterocycles. The number of carbonyl (C=O) groups excluding carboxylic acids is 1. The van der Waals surface area contributed by atoms with E-state index in [2.05, 4.69) is 0 Å². The van der Waals surface area contributed by atoms with Gasteiger partial charge in [-0.05, 0) is 49.7 Å². The lowest BCUT2D eigenvalue weighted by molar-refractivity contribution is -0.139. The number of methoxy groups -OCH3 is 1. The predicted octanol–water partition coefficient (Wildman–Crippen LogP) is 4.06. The fraction of sp³-hybridized carbons (Fsp3) is 0.250. The lowest BCUT2D eigenvalue weighted by Gasteiger charge is -2.27.